The Morgan fingerprint density at radius 2 is 1.20 bits per heavy atom. The molecule has 2 aromatic rings. The van der Waals surface area contributed by atoms with Crippen LogP contribution in [0.4, 0.5) is 0 Å². The molecule has 0 aliphatic carbocycles. The second-order valence-electron chi connectivity index (χ2n) is 4.03. The molecule has 0 radical (unpaired) electrons. The highest BCUT2D eigenvalue weighted by Gasteiger charge is 2.03. The molecule has 2 aromatic carbocycles. The molecule has 0 fully saturated rings. The van der Waals surface area contributed by atoms with Gasteiger partial charge in [-0.3, -0.25) is 0 Å². The lowest BCUT2D eigenvalue weighted by Crippen LogP contribution is -2.10. The molecule has 0 aromatic heterocycles. The molecule has 0 amide bonds. The van der Waals surface area contributed by atoms with Gasteiger partial charge in [-0.05, 0) is 24.3 Å². The van der Waals surface area contributed by atoms with Gasteiger partial charge in [0, 0.05) is 0 Å². The summed E-state index contributed by atoms with van der Waals surface area (Å²) in [6.45, 7) is 1.11. The molecule has 0 saturated carbocycles. The zero-order valence-corrected chi connectivity index (χ0v) is 11.2. The van der Waals surface area contributed by atoms with Crippen molar-refractivity contribution in [2.24, 2.45) is 0 Å². The predicted octanol–water partition coefficient (Wildman–Crippen LogP) is 2.52. The Balaban J connectivity index is 1.79. The molecule has 2 rings (SSSR count). The summed E-state index contributed by atoms with van der Waals surface area (Å²) in [6, 6.07) is 17.0. The first kappa shape index (κ1) is 14.2. The third kappa shape index (κ3) is 4.48. The van der Waals surface area contributed by atoms with Gasteiger partial charge in [-0.2, -0.15) is 0 Å². The van der Waals surface area contributed by atoms with E-state index in [0.29, 0.717) is 24.7 Å². The molecule has 4 nitrogen and oxygen atoms in total. The first-order chi connectivity index (χ1) is 9.90. The van der Waals surface area contributed by atoms with Crippen molar-refractivity contribution in [2.75, 3.05) is 26.4 Å². The van der Waals surface area contributed by atoms with Crippen molar-refractivity contribution >= 4 is 0 Å². The van der Waals surface area contributed by atoms with Crippen LogP contribution < -0.4 is 14.2 Å². The van der Waals surface area contributed by atoms with Crippen LogP contribution in [0.2, 0.25) is 0 Å². The molecular weight excluding hydrogens is 256 g/mol. The fraction of sp³-hybridized carbons (Fsp3) is 0.250. The van der Waals surface area contributed by atoms with Gasteiger partial charge in [0.15, 0.2) is 11.5 Å². The molecule has 0 unspecified atom stereocenters. The normalized spacial score (nSPS) is 10.1. The van der Waals surface area contributed by atoms with Crippen molar-refractivity contribution in [3.63, 3.8) is 0 Å². The molecule has 0 saturated heterocycles. The molecule has 0 spiro atoms. The van der Waals surface area contributed by atoms with Crippen LogP contribution in [0.3, 0.4) is 0 Å². The third-order valence-electron chi connectivity index (χ3n) is 2.55. The maximum absolute atomic E-state index is 8.77. The molecule has 0 heterocycles. The highest BCUT2D eigenvalue weighted by Crippen LogP contribution is 2.26. The van der Waals surface area contributed by atoms with E-state index in [-0.39, 0.29) is 13.2 Å². The van der Waals surface area contributed by atoms with E-state index >= 15 is 0 Å². The van der Waals surface area contributed by atoms with E-state index < -0.39 is 0 Å². The summed E-state index contributed by atoms with van der Waals surface area (Å²) in [6.07, 6.45) is 0. The molecular formula is C16H18O4. The molecule has 0 atom stereocenters. The van der Waals surface area contributed by atoms with E-state index in [9.17, 15) is 0 Å². The SMILES string of the molecule is OCCOc1ccccc1OCCOc1ccccc1. The summed E-state index contributed by atoms with van der Waals surface area (Å²) in [5.74, 6) is 2.10. The van der Waals surface area contributed by atoms with Gasteiger partial charge in [0.05, 0.1) is 6.61 Å². The van der Waals surface area contributed by atoms with Gasteiger partial charge in [0.1, 0.15) is 25.6 Å². The van der Waals surface area contributed by atoms with Gasteiger partial charge >= 0.3 is 0 Å². The van der Waals surface area contributed by atoms with Crippen LogP contribution in [0.15, 0.2) is 54.6 Å². The van der Waals surface area contributed by atoms with Gasteiger partial charge in [-0.1, -0.05) is 30.3 Å². The number of aliphatic hydroxyl groups is 1. The summed E-state index contributed by atoms with van der Waals surface area (Å²) in [5, 5.41) is 8.77. The van der Waals surface area contributed by atoms with Crippen LogP contribution in [-0.4, -0.2) is 31.5 Å². The van der Waals surface area contributed by atoms with E-state index in [0.717, 1.165) is 5.75 Å². The van der Waals surface area contributed by atoms with Gasteiger partial charge in [0.2, 0.25) is 0 Å². The highest BCUT2D eigenvalue weighted by molar-refractivity contribution is 5.39. The summed E-state index contributed by atoms with van der Waals surface area (Å²) >= 11 is 0. The second kappa shape index (κ2) is 8.07. The summed E-state index contributed by atoms with van der Waals surface area (Å²) < 4.78 is 16.6. The number of aliphatic hydroxyl groups excluding tert-OH is 1. The van der Waals surface area contributed by atoms with Gasteiger partial charge in [-0.25, -0.2) is 0 Å². The number of hydrogen-bond donors (Lipinski definition) is 1. The predicted molar refractivity (Wildman–Crippen MR) is 76.5 cm³/mol. The third-order valence-corrected chi connectivity index (χ3v) is 2.55. The molecule has 1 N–H and O–H groups in total. The Morgan fingerprint density at radius 3 is 1.85 bits per heavy atom. The lowest BCUT2D eigenvalue weighted by Gasteiger charge is -2.12. The Bertz CT molecular complexity index is 499. The maximum atomic E-state index is 8.77. The van der Waals surface area contributed by atoms with Crippen molar-refractivity contribution in [1.29, 1.82) is 0 Å². The lowest BCUT2D eigenvalue weighted by atomic mass is 10.3. The topological polar surface area (TPSA) is 47.9 Å². The van der Waals surface area contributed by atoms with Crippen molar-refractivity contribution in [2.45, 2.75) is 0 Å². The fourth-order valence-corrected chi connectivity index (χ4v) is 1.67. The Morgan fingerprint density at radius 1 is 0.650 bits per heavy atom. The standard InChI is InChI=1S/C16H18O4/c17-10-11-19-15-8-4-5-9-16(15)20-13-12-18-14-6-2-1-3-7-14/h1-9,17H,10-13H2. The largest absolute Gasteiger partial charge is 0.490 e. The van der Waals surface area contributed by atoms with Gasteiger partial charge in [0.25, 0.3) is 0 Å². The molecule has 0 bridgehead atoms. The van der Waals surface area contributed by atoms with E-state index in [4.69, 9.17) is 19.3 Å². The Labute approximate surface area is 118 Å². The van der Waals surface area contributed by atoms with Gasteiger partial charge < -0.3 is 19.3 Å². The highest BCUT2D eigenvalue weighted by atomic mass is 16.5. The van der Waals surface area contributed by atoms with E-state index in [2.05, 4.69) is 0 Å². The average Bonchev–Trinajstić information content (AvgIpc) is 2.51. The van der Waals surface area contributed by atoms with Crippen molar-refractivity contribution in [1.82, 2.24) is 0 Å². The first-order valence-corrected chi connectivity index (χ1v) is 6.53. The minimum atomic E-state index is -0.0224. The number of rotatable bonds is 8. The zero-order valence-electron chi connectivity index (χ0n) is 11.2. The van der Waals surface area contributed by atoms with Crippen molar-refractivity contribution in [3.8, 4) is 17.2 Å². The quantitative estimate of drug-likeness (QED) is 0.751. The zero-order chi connectivity index (χ0) is 14.0. The fourth-order valence-electron chi connectivity index (χ4n) is 1.67. The molecule has 20 heavy (non-hydrogen) atoms. The molecule has 4 heteroatoms. The summed E-state index contributed by atoms with van der Waals surface area (Å²) in [7, 11) is 0. The first-order valence-electron chi connectivity index (χ1n) is 6.53. The summed E-state index contributed by atoms with van der Waals surface area (Å²) in [4.78, 5) is 0. The molecule has 0 aliphatic heterocycles. The van der Waals surface area contributed by atoms with Crippen LogP contribution in [0.5, 0.6) is 17.2 Å². The monoisotopic (exact) mass is 274 g/mol. The Kier molecular flexibility index (Phi) is 5.73. The van der Waals surface area contributed by atoms with E-state index in [1.807, 2.05) is 54.6 Å². The number of hydrogen-bond acceptors (Lipinski definition) is 4. The smallest absolute Gasteiger partial charge is 0.161 e. The average molecular weight is 274 g/mol. The van der Waals surface area contributed by atoms with Crippen molar-refractivity contribution < 1.29 is 19.3 Å². The van der Waals surface area contributed by atoms with Crippen LogP contribution in [0.25, 0.3) is 0 Å². The molecule has 0 aliphatic rings. The van der Waals surface area contributed by atoms with E-state index in [1.54, 1.807) is 0 Å². The van der Waals surface area contributed by atoms with E-state index in [1.165, 1.54) is 0 Å². The second-order valence-corrected chi connectivity index (χ2v) is 4.03. The maximum Gasteiger partial charge on any atom is 0.161 e. The Hall–Kier alpha value is -2.20. The summed E-state index contributed by atoms with van der Waals surface area (Å²) in [5.41, 5.74) is 0. The van der Waals surface area contributed by atoms with Crippen molar-refractivity contribution in [3.05, 3.63) is 54.6 Å². The van der Waals surface area contributed by atoms with Crippen LogP contribution in [0.1, 0.15) is 0 Å². The van der Waals surface area contributed by atoms with Crippen LogP contribution in [-0.2, 0) is 0 Å². The van der Waals surface area contributed by atoms with Crippen LogP contribution >= 0.6 is 0 Å². The number of ether oxygens (including phenoxy) is 3. The number of benzene rings is 2. The van der Waals surface area contributed by atoms with Gasteiger partial charge in [-0.15, -0.1) is 0 Å². The number of para-hydroxylation sites is 3. The lowest BCUT2D eigenvalue weighted by molar-refractivity contribution is 0.184. The molecule has 106 valence electrons. The minimum Gasteiger partial charge on any atom is -0.490 e. The van der Waals surface area contributed by atoms with Crippen LogP contribution in [0, 0.1) is 0 Å². The minimum absolute atomic E-state index is 0.0224.